The summed E-state index contributed by atoms with van der Waals surface area (Å²) < 4.78 is 6.38. The van der Waals surface area contributed by atoms with Gasteiger partial charge in [0, 0.05) is 40.9 Å². The number of carbonyl (C=O) groups excluding carboxylic acids is 1. The van der Waals surface area contributed by atoms with Crippen LogP contribution in [0.15, 0.2) is 47.2 Å². The number of hydrogen-bond donors (Lipinski definition) is 0. The van der Waals surface area contributed by atoms with Gasteiger partial charge in [-0.2, -0.15) is 0 Å². The van der Waals surface area contributed by atoms with E-state index in [-0.39, 0.29) is 17.9 Å². The van der Waals surface area contributed by atoms with Gasteiger partial charge in [-0.3, -0.25) is 4.98 Å². The molecule has 27 heavy (non-hydrogen) atoms. The Morgan fingerprint density at radius 2 is 2.22 bits per heavy atom. The van der Waals surface area contributed by atoms with Crippen molar-refractivity contribution in [1.29, 1.82) is 0 Å². The van der Waals surface area contributed by atoms with E-state index in [1.54, 1.807) is 6.20 Å². The Morgan fingerprint density at radius 1 is 1.37 bits per heavy atom. The second-order valence-corrected chi connectivity index (χ2v) is 8.19. The van der Waals surface area contributed by atoms with Gasteiger partial charge in [0.05, 0.1) is 6.61 Å². The van der Waals surface area contributed by atoms with Gasteiger partial charge in [-0.25, -0.2) is 4.79 Å². The molecule has 0 spiro atoms. The second kappa shape index (κ2) is 9.56. The molecule has 4 nitrogen and oxygen atoms in total. The quantitative estimate of drug-likeness (QED) is 0.523. The van der Waals surface area contributed by atoms with Crippen LogP contribution < -0.4 is 0 Å². The molecule has 1 aromatic carbocycles. The summed E-state index contributed by atoms with van der Waals surface area (Å²) in [5, 5.41) is 0.712. The van der Waals surface area contributed by atoms with Gasteiger partial charge in [0.2, 0.25) is 0 Å². The van der Waals surface area contributed by atoms with Crippen LogP contribution in [-0.4, -0.2) is 35.7 Å². The van der Waals surface area contributed by atoms with Gasteiger partial charge >= 0.3 is 6.09 Å². The van der Waals surface area contributed by atoms with E-state index in [0.717, 1.165) is 29.3 Å². The number of halogens is 2. The van der Waals surface area contributed by atoms with E-state index in [4.69, 9.17) is 16.3 Å². The molecule has 2 atom stereocenters. The highest BCUT2D eigenvalue weighted by molar-refractivity contribution is 9.10. The fourth-order valence-electron chi connectivity index (χ4n) is 3.62. The lowest BCUT2D eigenvalue weighted by atomic mass is 9.77. The van der Waals surface area contributed by atoms with Crippen molar-refractivity contribution < 1.29 is 9.53 Å². The number of hydrogen-bond acceptors (Lipinski definition) is 3. The van der Waals surface area contributed by atoms with Crippen molar-refractivity contribution in [2.24, 2.45) is 0 Å². The number of amides is 1. The lowest BCUT2D eigenvalue weighted by Crippen LogP contribution is -2.42. The van der Waals surface area contributed by atoms with Gasteiger partial charge in [-0.15, -0.1) is 0 Å². The zero-order valence-corrected chi connectivity index (χ0v) is 17.7. The summed E-state index contributed by atoms with van der Waals surface area (Å²) in [6.07, 6.45) is 6.22. The van der Waals surface area contributed by atoms with Crippen molar-refractivity contribution in [3.63, 3.8) is 0 Å². The van der Waals surface area contributed by atoms with Crippen LogP contribution in [0.3, 0.4) is 0 Å². The number of unbranched alkanes of at least 4 members (excludes halogenated alkanes) is 1. The van der Waals surface area contributed by atoms with Gasteiger partial charge in [-0.05, 0) is 48.1 Å². The third-order valence-electron chi connectivity index (χ3n) is 5.07. The Labute approximate surface area is 174 Å². The molecule has 2 heterocycles. The number of piperidine rings is 1. The molecule has 0 N–H and O–H groups in total. The van der Waals surface area contributed by atoms with Gasteiger partial charge < -0.3 is 9.64 Å². The molecule has 1 aromatic heterocycles. The van der Waals surface area contributed by atoms with E-state index in [2.05, 4.69) is 33.9 Å². The summed E-state index contributed by atoms with van der Waals surface area (Å²) >= 11 is 10.0. The van der Waals surface area contributed by atoms with E-state index in [1.165, 1.54) is 5.56 Å². The molecule has 1 saturated heterocycles. The molecule has 0 aliphatic carbocycles. The lowest BCUT2D eigenvalue weighted by molar-refractivity contribution is 0.0870. The molecule has 0 radical (unpaired) electrons. The molecular weight excluding hydrogens is 428 g/mol. The summed E-state index contributed by atoms with van der Waals surface area (Å²) in [6, 6.07) is 10.0. The summed E-state index contributed by atoms with van der Waals surface area (Å²) in [5.74, 6) is 0.361. The molecule has 144 valence electrons. The third kappa shape index (κ3) is 5.02. The van der Waals surface area contributed by atoms with Gasteiger partial charge in [-0.1, -0.05) is 53.0 Å². The smallest absolute Gasteiger partial charge is 0.409 e. The molecule has 0 bridgehead atoms. The van der Waals surface area contributed by atoms with Crippen molar-refractivity contribution in [2.45, 2.75) is 38.0 Å². The van der Waals surface area contributed by atoms with Crippen LogP contribution in [0.1, 0.15) is 49.1 Å². The van der Waals surface area contributed by atoms with Crippen LogP contribution >= 0.6 is 27.5 Å². The van der Waals surface area contributed by atoms with Crippen molar-refractivity contribution in [1.82, 2.24) is 9.88 Å². The molecule has 0 unspecified atom stereocenters. The Hall–Kier alpha value is -1.59. The minimum Gasteiger partial charge on any atom is -0.449 e. The highest BCUT2D eigenvalue weighted by Gasteiger charge is 2.35. The Kier molecular flexibility index (Phi) is 7.13. The maximum Gasteiger partial charge on any atom is 0.409 e. The van der Waals surface area contributed by atoms with Crippen LogP contribution in [0, 0.1) is 0 Å². The number of aromatic nitrogens is 1. The highest BCUT2D eigenvalue weighted by atomic mass is 79.9. The second-order valence-electron chi connectivity index (χ2n) is 6.87. The SMILES string of the molecule is CCCCOC(=O)N1CC[C@H](c2cccnc2)[C@@H](c2ccc(Br)cc2Cl)C1. The molecule has 6 heteroatoms. The third-order valence-corrected chi connectivity index (χ3v) is 5.89. The molecule has 1 aliphatic heterocycles. The summed E-state index contributed by atoms with van der Waals surface area (Å²) in [6.45, 7) is 3.82. The highest BCUT2D eigenvalue weighted by Crippen LogP contribution is 2.42. The Morgan fingerprint density at radius 3 is 2.93 bits per heavy atom. The maximum atomic E-state index is 12.5. The summed E-state index contributed by atoms with van der Waals surface area (Å²) in [7, 11) is 0. The minimum atomic E-state index is -0.230. The van der Waals surface area contributed by atoms with Crippen LogP contribution in [-0.2, 0) is 4.74 Å². The van der Waals surface area contributed by atoms with Crippen LogP contribution in [0.2, 0.25) is 5.02 Å². The van der Waals surface area contributed by atoms with Gasteiger partial charge in [0.15, 0.2) is 0 Å². The standard InChI is InChI=1S/C21H24BrClN2O2/c1-2-3-11-27-21(26)25-10-8-17(15-5-4-9-24-13-15)19(14-25)18-7-6-16(22)12-20(18)23/h4-7,9,12-13,17,19H,2-3,8,10-11,14H2,1H3/t17-,19+/m1/s1. The van der Waals surface area contributed by atoms with E-state index >= 15 is 0 Å². The van der Waals surface area contributed by atoms with Crippen LogP contribution in [0.25, 0.3) is 0 Å². The molecular formula is C21H24BrClN2O2. The zero-order chi connectivity index (χ0) is 19.2. The first-order valence-corrected chi connectivity index (χ1v) is 10.5. The molecule has 2 aromatic rings. The topological polar surface area (TPSA) is 42.4 Å². The number of ether oxygens (including phenoxy) is 1. The average molecular weight is 452 g/mol. The average Bonchev–Trinajstić information content (AvgIpc) is 2.68. The number of benzene rings is 1. The van der Waals surface area contributed by atoms with Crippen LogP contribution in [0.5, 0.6) is 0 Å². The number of rotatable bonds is 5. The maximum absolute atomic E-state index is 12.5. The first-order chi connectivity index (χ1) is 13.1. The molecule has 1 amide bonds. The number of carbonyl (C=O) groups is 1. The van der Waals surface area contributed by atoms with E-state index in [9.17, 15) is 4.79 Å². The normalized spacial score (nSPS) is 19.7. The van der Waals surface area contributed by atoms with Gasteiger partial charge in [0.25, 0.3) is 0 Å². The minimum absolute atomic E-state index is 0.0993. The van der Waals surface area contributed by atoms with Crippen LogP contribution in [0.4, 0.5) is 4.79 Å². The predicted octanol–water partition coefficient (Wildman–Crippen LogP) is 6.01. The van der Waals surface area contributed by atoms with Crippen molar-refractivity contribution >= 4 is 33.6 Å². The molecule has 1 aliphatic rings. The number of nitrogens with zero attached hydrogens (tertiary/aromatic N) is 2. The van der Waals surface area contributed by atoms with Crippen molar-refractivity contribution in [3.8, 4) is 0 Å². The van der Waals surface area contributed by atoms with Crippen molar-refractivity contribution in [3.05, 3.63) is 63.3 Å². The van der Waals surface area contributed by atoms with Gasteiger partial charge in [0.1, 0.15) is 0 Å². The fourth-order valence-corrected chi connectivity index (χ4v) is 4.44. The largest absolute Gasteiger partial charge is 0.449 e. The zero-order valence-electron chi connectivity index (χ0n) is 15.4. The Bertz CT molecular complexity index is 772. The first kappa shape index (κ1) is 20.2. The first-order valence-electron chi connectivity index (χ1n) is 9.36. The number of likely N-dealkylation sites (tertiary alicyclic amines) is 1. The molecule has 0 saturated carbocycles. The van der Waals surface area contributed by atoms with E-state index in [0.29, 0.717) is 24.7 Å². The van der Waals surface area contributed by atoms with Crippen molar-refractivity contribution in [2.75, 3.05) is 19.7 Å². The Balaban J connectivity index is 1.85. The lowest BCUT2D eigenvalue weighted by Gasteiger charge is -2.38. The molecule has 1 fully saturated rings. The molecule has 3 rings (SSSR count). The summed E-state index contributed by atoms with van der Waals surface area (Å²) in [5.41, 5.74) is 2.24. The van der Waals surface area contributed by atoms with E-state index in [1.807, 2.05) is 35.4 Å². The summed E-state index contributed by atoms with van der Waals surface area (Å²) in [4.78, 5) is 18.6. The van der Waals surface area contributed by atoms with E-state index < -0.39 is 0 Å². The number of pyridine rings is 1. The fraction of sp³-hybridized carbons (Fsp3) is 0.429. The monoisotopic (exact) mass is 450 g/mol. The predicted molar refractivity (Wildman–Crippen MR) is 111 cm³/mol.